The number of aryl methyl sites for hydroxylation is 1. The second kappa shape index (κ2) is 9.09. The molecule has 0 unspecified atom stereocenters. The first-order valence-corrected chi connectivity index (χ1v) is 9.77. The Morgan fingerprint density at radius 1 is 1.19 bits per heavy atom. The molecule has 0 saturated carbocycles. The molecule has 9 nitrogen and oxygen atoms in total. The molecule has 1 N–H and O–H groups in total. The smallest absolute Gasteiger partial charge is 0.274 e. The monoisotopic (exact) mass is 429 g/mol. The third kappa shape index (κ3) is 4.78. The number of furan rings is 1. The minimum Gasteiger partial charge on any atom is -0.467 e. The van der Waals surface area contributed by atoms with Crippen LogP contribution in [0.1, 0.15) is 21.7 Å². The molecular weight excluding hydrogens is 410 g/mol. The van der Waals surface area contributed by atoms with Gasteiger partial charge in [0.2, 0.25) is 5.95 Å². The van der Waals surface area contributed by atoms with Crippen molar-refractivity contribution < 1.29 is 14.1 Å². The highest BCUT2D eigenvalue weighted by molar-refractivity contribution is 5.95. The number of rotatable bonds is 7. The van der Waals surface area contributed by atoms with E-state index >= 15 is 0 Å². The van der Waals surface area contributed by atoms with Crippen LogP contribution in [-0.2, 0) is 6.54 Å². The van der Waals surface area contributed by atoms with Gasteiger partial charge in [0.05, 0.1) is 17.7 Å². The van der Waals surface area contributed by atoms with Crippen LogP contribution in [-0.4, -0.2) is 25.6 Å². The molecule has 2 heterocycles. The molecule has 4 rings (SSSR count). The molecule has 0 atom stereocenters. The summed E-state index contributed by atoms with van der Waals surface area (Å²) in [5, 5.41) is 18.4. The van der Waals surface area contributed by atoms with Crippen molar-refractivity contribution in [3.8, 4) is 11.4 Å². The maximum atomic E-state index is 12.9. The van der Waals surface area contributed by atoms with E-state index in [0.29, 0.717) is 23.7 Å². The van der Waals surface area contributed by atoms with Crippen molar-refractivity contribution >= 4 is 23.6 Å². The van der Waals surface area contributed by atoms with Gasteiger partial charge in [0, 0.05) is 23.8 Å². The zero-order chi connectivity index (χ0) is 22.5. The maximum absolute atomic E-state index is 12.9. The van der Waals surface area contributed by atoms with Gasteiger partial charge in [0.15, 0.2) is 5.82 Å². The number of nitro benzene ring substituents is 1. The van der Waals surface area contributed by atoms with Crippen LogP contribution < -0.4 is 5.32 Å². The van der Waals surface area contributed by atoms with E-state index in [1.54, 1.807) is 30.5 Å². The van der Waals surface area contributed by atoms with Gasteiger partial charge in [0.1, 0.15) is 5.76 Å². The van der Waals surface area contributed by atoms with Crippen molar-refractivity contribution in [1.29, 1.82) is 0 Å². The Morgan fingerprint density at radius 2 is 2.00 bits per heavy atom. The first kappa shape index (κ1) is 20.7. The van der Waals surface area contributed by atoms with Crippen LogP contribution in [0.25, 0.3) is 17.5 Å². The van der Waals surface area contributed by atoms with Crippen LogP contribution in [0.5, 0.6) is 0 Å². The van der Waals surface area contributed by atoms with Crippen LogP contribution in [0.3, 0.4) is 0 Å². The number of hydrogen-bond acceptors (Lipinski definition) is 7. The zero-order valence-corrected chi connectivity index (χ0v) is 17.1. The number of aromatic nitrogens is 3. The van der Waals surface area contributed by atoms with Crippen molar-refractivity contribution in [1.82, 2.24) is 14.8 Å². The van der Waals surface area contributed by atoms with E-state index in [-0.39, 0.29) is 11.6 Å². The number of hydrogen-bond donors (Lipinski definition) is 1. The summed E-state index contributed by atoms with van der Waals surface area (Å²) in [7, 11) is 0. The highest BCUT2D eigenvalue weighted by atomic mass is 16.6. The molecule has 0 aliphatic carbocycles. The number of nitrogens with zero attached hydrogens (tertiary/aromatic N) is 4. The normalized spacial score (nSPS) is 11.0. The average molecular weight is 429 g/mol. The van der Waals surface area contributed by atoms with E-state index in [4.69, 9.17) is 4.42 Å². The molecule has 0 saturated heterocycles. The first-order chi connectivity index (χ1) is 15.5. The molecule has 2 aromatic heterocycles. The predicted molar refractivity (Wildman–Crippen MR) is 119 cm³/mol. The lowest BCUT2D eigenvalue weighted by molar-refractivity contribution is -0.384. The molecule has 9 heteroatoms. The van der Waals surface area contributed by atoms with Crippen LogP contribution in [0.2, 0.25) is 0 Å². The van der Waals surface area contributed by atoms with Crippen molar-refractivity contribution in [2.24, 2.45) is 0 Å². The Labute approximate surface area is 183 Å². The lowest BCUT2D eigenvalue weighted by Gasteiger charge is -2.03. The number of non-ortho nitro benzene ring substituents is 1. The molecule has 0 bridgehead atoms. The zero-order valence-electron chi connectivity index (χ0n) is 17.1. The fourth-order valence-electron chi connectivity index (χ4n) is 2.96. The van der Waals surface area contributed by atoms with Gasteiger partial charge in [-0.2, -0.15) is 9.67 Å². The van der Waals surface area contributed by atoms with E-state index in [9.17, 15) is 14.9 Å². The number of carbonyl (C=O) groups is 1. The minimum atomic E-state index is -0.485. The number of benzene rings is 2. The molecule has 0 amide bonds. The van der Waals surface area contributed by atoms with Crippen molar-refractivity contribution in [3.05, 3.63) is 100 Å². The number of nitrogens with one attached hydrogen (secondary N) is 1. The highest BCUT2D eigenvalue weighted by Gasteiger charge is 2.16. The van der Waals surface area contributed by atoms with E-state index in [0.717, 1.165) is 15.8 Å². The molecular formula is C23H19N5O4. The minimum absolute atomic E-state index is 0.0529. The van der Waals surface area contributed by atoms with Gasteiger partial charge in [-0.25, -0.2) is 0 Å². The lowest BCUT2D eigenvalue weighted by Crippen LogP contribution is -2.14. The van der Waals surface area contributed by atoms with Gasteiger partial charge in [-0.15, -0.1) is 5.10 Å². The second-order valence-electron chi connectivity index (χ2n) is 6.99. The van der Waals surface area contributed by atoms with Crippen molar-refractivity contribution in [3.63, 3.8) is 0 Å². The Balaban J connectivity index is 1.62. The summed E-state index contributed by atoms with van der Waals surface area (Å²) in [6, 6.07) is 17.2. The van der Waals surface area contributed by atoms with Gasteiger partial charge < -0.3 is 9.73 Å². The molecule has 0 aliphatic heterocycles. The number of allylic oxidation sites excluding steroid dienone is 1. The Kier molecular flexibility index (Phi) is 5.89. The highest BCUT2D eigenvalue weighted by Crippen LogP contribution is 2.20. The molecule has 160 valence electrons. The molecule has 4 aromatic rings. The first-order valence-electron chi connectivity index (χ1n) is 9.77. The van der Waals surface area contributed by atoms with Gasteiger partial charge in [0.25, 0.3) is 11.6 Å². The number of carbonyl (C=O) groups excluding carboxylic acids is 1. The Hall–Kier alpha value is -4.53. The Morgan fingerprint density at radius 3 is 2.72 bits per heavy atom. The van der Waals surface area contributed by atoms with Crippen LogP contribution in [0.15, 0.2) is 77.4 Å². The van der Waals surface area contributed by atoms with E-state index in [1.807, 2.05) is 31.2 Å². The van der Waals surface area contributed by atoms with E-state index < -0.39 is 10.8 Å². The maximum Gasteiger partial charge on any atom is 0.274 e. The van der Waals surface area contributed by atoms with E-state index in [1.165, 1.54) is 24.3 Å². The van der Waals surface area contributed by atoms with Gasteiger partial charge in [-0.3, -0.25) is 14.9 Å². The summed E-state index contributed by atoms with van der Waals surface area (Å²) < 4.78 is 6.48. The van der Waals surface area contributed by atoms with Crippen LogP contribution in [0.4, 0.5) is 11.6 Å². The summed E-state index contributed by atoms with van der Waals surface area (Å²) in [6.07, 6.45) is 4.36. The van der Waals surface area contributed by atoms with Gasteiger partial charge in [-0.1, -0.05) is 42.0 Å². The molecule has 0 spiro atoms. The quantitative estimate of drug-likeness (QED) is 0.257. The number of nitro groups is 1. The van der Waals surface area contributed by atoms with Crippen molar-refractivity contribution in [2.45, 2.75) is 13.5 Å². The summed E-state index contributed by atoms with van der Waals surface area (Å²) >= 11 is 0. The lowest BCUT2D eigenvalue weighted by atomic mass is 10.1. The van der Waals surface area contributed by atoms with Crippen LogP contribution >= 0.6 is 0 Å². The Bertz CT molecular complexity index is 1270. The standard InChI is InChI=1S/C23H19N5O4/c1-16-7-10-18(11-8-16)22-25-23(24-15-20-6-3-13-32-20)27(26-22)21(29)12-9-17-4-2-5-19(14-17)28(30)31/h2-14H,15H2,1H3,(H,24,25,26). The topological polar surface area (TPSA) is 116 Å². The summed E-state index contributed by atoms with van der Waals surface area (Å²) in [5.41, 5.74) is 2.34. The third-order valence-corrected chi connectivity index (χ3v) is 4.63. The molecule has 2 aromatic carbocycles. The molecule has 0 fully saturated rings. The third-order valence-electron chi connectivity index (χ3n) is 4.63. The largest absolute Gasteiger partial charge is 0.467 e. The fraction of sp³-hybridized carbons (Fsp3) is 0.0870. The fourth-order valence-corrected chi connectivity index (χ4v) is 2.96. The average Bonchev–Trinajstić information content (AvgIpc) is 3.47. The van der Waals surface area contributed by atoms with Crippen LogP contribution in [0, 0.1) is 17.0 Å². The van der Waals surface area contributed by atoms with Gasteiger partial charge >= 0.3 is 0 Å². The SMILES string of the molecule is Cc1ccc(-c2nc(NCc3ccco3)n(C(=O)C=Cc3cccc([N+](=O)[O-])c3)n2)cc1. The molecule has 0 radical (unpaired) electrons. The second-order valence-corrected chi connectivity index (χ2v) is 6.99. The van der Waals surface area contributed by atoms with Gasteiger partial charge in [-0.05, 0) is 30.7 Å². The summed E-state index contributed by atoms with van der Waals surface area (Å²) in [4.78, 5) is 27.8. The summed E-state index contributed by atoms with van der Waals surface area (Å²) in [6.45, 7) is 2.30. The molecule has 32 heavy (non-hydrogen) atoms. The summed E-state index contributed by atoms with van der Waals surface area (Å²) in [5.74, 6) is 0.870. The van der Waals surface area contributed by atoms with Crippen molar-refractivity contribution in [2.75, 3.05) is 5.32 Å². The number of anilines is 1. The predicted octanol–water partition coefficient (Wildman–Crippen LogP) is 4.72. The molecule has 0 aliphatic rings. The van der Waals surface area contributed by atoms with E-state index in [2.05, 4.69) is 15.4 Å².